The van der Waals surface area contributed by atoms with Crippen LogP contribution in [-0.4, -0.2) is 19.6 Å². The molecule has 96 valence electrons. The third kappa shape index (κ3) is 3.43. The molecule has 1 aromatic carbocycles. The van der Waals surface area contributed by atoms with Crippen LogP contribution in [0.25, 0.3) is 0 Å². The highest BCUT2D eigenvalue weighted by atomic mass is 19.1. The molecular formula is C14H23FN2. The third-order valence-corrected chi connectivity index (χ3v) is 3.41. The number of hydrogen-bond acceptors (Lipinski definition) is 2. The summed E-state index contributed by atoms with van der Waals surface area (Å²) in [6.07, 6.45) is 0.711. The zero-order chi connectivity index (χ0) is 13.0. The lowest BCUT2D eigenvalue weighted by molar-refractivity contribution is 0.504. The van der Waals surface area contributed by atoms with Crippen LogP contribution in [0.1, 0.15) is 26.3 Å². The topological polar surface area (TPSA) is 29.3 Å². The SMILES string of the molecule is CC(C)C(C)N(C)c1ccc(F)cc1CCN. The van der Waals surface area contributed by atoms with E-state index in [0.717, 1.165) is 11.3 Å². The molecule has 0 heterocycles. The summed E-state index contributed by atoms with van der Waals surface area (Å²) in [4.78, 5) is 2.20. The van der Waals surface area contributed by atoms with Gasteiger partial charge in [0, 0.05) is 18.8 Å². The largest absolute Gasteiger partial charge is 0.371 e. The first kappa shape index (κ1) is 14.0. The lowest BCUT2D eigenvalue weighted by Gasteiger charge is -2.31. The summed E-state index contributed by atoms with van der Waals surface area (Å²) in [5.41, 5.74) is 7.64. The Hall–Kier alpha value is -1.09. The molecule has 3 heteroatoms. The molecule has 0 aliphatic rings. The average Bonchev–Trinajstić information content (AvgIpc) is 2.27. The molecule has 1 unspecified atom stereocenters. The van der Waals surface area contributed by atoms with Gasteiger partial charge in [-0.15, -0.1) is 0 Å². The number of hydrogen-bond donors (Lipinski definition) is 1. The predicted molar refractivity (Wildman–Crippen MR) is 71.9 cm³/mol. The van der Waals surface area contributed by atoms with E-state index in [1.54, 1.807) is 6.07 Å². The van der Waals surface area contributed by atoms with E-state index >= 15 is 0 Å². The van der Waals surface area contributed by atoms with E-state index in [1.165, 1.54) is 6.07 Å². The van der Waals surface area contributed by atoms with Crippen LogP contribution >= 0.6 is 0 Å². The maximum absolute atomic E-state index is 13.2. The second-order valence-corrected chi connectivity index (χ2v) is 4.91. The van der Waals surface area contributed by atoms with Crippen molar-refractivity contribution in [2.75, 3.05) is 18.5 Å². The molecule has 1 atom stereocenters. The summed E-state index contributed by atoms with van der Waals surface area (Å²) in [7, 11) is 2.05. The van der Waals surface area contributed by atoms with Crippen LogP contribution in [0.15, 0.2) is 18.2 Å². The van der Waals surface area contributed by atoms with Crippen molar-refractivity contribution in [2.24, 2.45) is 11.7 Å². The minimum atomic E-state index is -0.192. The quantitative estimate of drug-likeness (QED) is 0.854. The third-order valence-electron chi connectivity index (χ3n) is 3.41. The van der Waals surface area contributed by atoms with E-state index in [4.69, 9.17) is 5.73 Å². The summed E-state index contributed by atoms with van der Waals surface area (Å²) in [6.45, 7) is 7.10. The Morgan fingerprint density at radius 3 is 2.47 bits per heavy atom. The van der Waals surface area contributed by atoms with Gasteiger partial charge in [0.2, 0.25) is 0 Å². The van der Waals surface area contributed by atoms with Crippen molar-refractivity contribution in [3.8, 4) is 0 Å². The molecule has 0 bridgehead atoms. The Morgan fingerprint density at radius 1 is 1.29 bits per heavy atom. The van der Waals surface area contributed by atoms with E-state index < -0.39 is 0 Å². The molecule has 1 rings (SSSR count). The zero-order valence-corrected chi connectivity index (χ0v) is 11.2. The molecule has 0 aliphatic heterocycles. The smallest absolute Gasteiger partial charge is 0.123 e. The van der Waals surface area contributed by atoms with Gasteiger partial charge >= 0.3 is 0 Å². The molecule has 2 nitrogen and oxygen atoms in total. The number of anilines is 1. The van der Waals surface area contributed by atoms with Crippen molar-refractivity contribution in [1.29, 1.82) is 0 Å². The molecule has 0 fully saturated rings. The number of nitrogens with zero attached hydrogens (tertiary/aromatic N) is 1. The Morgan fingerprint density at radius 2 is 1.94 bits per heavy atom. The summed E-state index contributed by atoms with van der Waals surface area (Å²) in [6, 6.07) is 5.36. The standard InChI is InChI=1S/C14H23FN2/c1-10(2)11(3)17(4)14-6-5-13(15)9-12(14)7-8-16/h5-6,9-11H,7-8,16H2,1-4H3. The first-order valence-corrected chi connectivity index (χ1v) is 6.18. The van der Waals surface area contributed by atoms with Gasteiger partial charge in [-0.05, 0) is 49.6 Å². The minimum Gasteiger partial charge on any atom is -0.371 e. The van der Waals surface area contributed by atoms with Crippen LogP contribution < -0.4 is 10.6 Å². The van der Waals surface area contributed by atoms with Crippen molar-refractivity contribution < 1.29 is 4.39 Å². The number of halogens is 1. The maximum Gasteiger partial charge on any atom is 0.123 e. The molecule has 0 radical (unpaired) electrons. The molecule has 0 amide bonds. The van der Waals surface area contributed by atoms with Gasteiger partial charge in [0.1, 0.15) is 5.82 Å². The summed E-state index contributed by atoms with van der Waals surface area (Å²) < 4.78 is 13.2. The van der Waals surface area contributed by atoms with Gasteiger partial charge in [0.15, 0.2) is 0 Å². The minimum absolute atomic E-state index is 0.192. The van der Waals surface area contributed by atoms with Crippen LogP contribution in [0.2, 0.25) is 0 Å². The Kier molecular flexibility index (Phi) is 4.94. The highest BCUT2D eigenvalue weighted by molar-refractivity contribution is 5.54. The van der Waals surface area contributed by atoms with Crippen molar-refractivity contribution in [1.82, 2.24) is 0 Å². The second-order valence-electron chi connectivity index (χ2n) is 4.91. The Labute approximate surface area is 104 Å². The van der Waals surface area contributed by atoms with E-state index in [0.29, 0.717) is 24.9 Å². The average molecular weight is 238 g/mol. The van der Waals surface area contributed by atoms with Crippen LogP contribution in [0, 0.1) is 11.7 Å². The van der Waals surface area contributed by atoms with Gasteiger partial charge in [-0.3, -0.25) is 0 Å². The molecule has 0 aromatic heterocycles. The molecular weight excluding hydrogens is 215 g/mol. The normalized spacial score (nSPS) is 12.9. The highest BCUT2D eigenvalue weighted by Crippen LogP contribution is 2.24. The Balaban J connectivity index is 3.03. The van der Waals surface area contributed by atoms with Gasteiger partial charge in [-0.1, -0.05) is 13.8 Å². The first-order chi connectivity index (χ1) is 7.97. The Bertz CT molecular complexity index is 363. The monoisotopic (exact) mass is 238 g/mol. The van der Waals surface area contributed by atoms with Crippen molar-refractivity contribution in [3.63, 3.8) is 0 Å². The molecule has 0 spiro atoms. The van der Waals surface area contributed by atoms with Gasteiger partial charge in [-0.2, -0.15) is 0 Å². The van der Waals surface area contributed by atoms with E-state index in [-0.39, 0.29) is 5.82 Å². The van der Waals surface area contributed by atoms with Crippen molar-refractivity contribution >= 4 is 5.69 Å². The number of benzene rings is 1. The van der Waals surface area contributed by atoms with Crippen LogP contribution in [0.3, 0.4) is 0 Å². The van der Waals surface area contributed by atoms with Crippen LogP contribution in [0.5, 0.6) is 0 Å². The van der Waals surface area contributed by atoms with Gasteiger partial charge in [0.25, 0.3) is 0 Å². The molecule has 0 aliphatic carbocycles. The highest BCUT2D eigenvalue weighted by Gasteiger charge is 2.16. The van der Waals surface area contributed by atoms with Crippen molar-refractivity contribution in [3.05, 3.63) is 29.6 Å². The van der Waals surface area contributed by atoms with Crippen LogP contribution in [0.4, 0.5) is 10.1 Å². The van der Waals surface area contributed by atoms with E-state index in [2.05, 4.69) is 32.7 Å². The van der Waals surface area contributed by atoms with E-state index in [1.807, 2.05) is 6.07 Å². The zero-order valence-electron chi connectivity index (χ0n) is 11.2. The first-order valence-electron chi connectivity index (χ1n) is 6.18. The molecule has 2 N–H and O–H groups in total. The molecule has 17 heavy (non-hydrogen) atoms. The lowest BCUT2D eigenvalue weighted by atomic mass is 10.0. The summed E-state index contributed by atoms with van der Waals surface area (Å²) in [5, 5.41) is 0. The predicted octanol–water partition coefficient (Wildman–Crippen LogP) is 2.81. The van der Waals surface area contributed by atoms with E-state index in [9.17, 15) is 4.39 Å². The van der Waals surface area contributed by atoms with Gasteiger partial charge in [-0.25, -0.2) is 4.39 Å². The fourth-order valence-corrected chi connectivity index (χ4v) is 1.92. The second kappa shape index (κ2) is 6.01. The van der Waals surface area contributed by atoms with Crippen LogP contribution in [-0.2, 0) is 6.42 Å². The number of nitrogens with two attached hydrogens (primary N) is 1. The van der Waals surface area contributed by atoms with Crippen molar-refractivity contribution in [2.45, 2.75) is 33.2 Å². The molecule has 0 saturated carbocycles. The number of rotatable bonds is 5. The molecule has 1 aromatic rings. The molecule has 0 saturated heterocycles. The van der Waals surface area contributed by atoms with Gasteiger partial charge < -0.3 is 10.6 Å². The fourth-order valence-electron chi connectivity index (χ4n) is 1.92. The summed E-state index contributed by atoms with van der Waals surface area (Å²) in [5.74, 6) is 0.360. The van der Waals surface area contributed by atoms with Gasteiger partial charge in [0.05, 0.1) is 0 Å². The maximum atomic E-state index is 13.2. The fraction of sp³-hybridized carbons (Fsp3) is 0.571. The summed E-state index contributed by atoms with van der Waals surface area (Å²) >= 11 is 0. The lowest BCUT2D eigenvalue weighted by Crippen LogP contribution is -2.34.